The zero-order valence-electron chi connectivity index (χ0n) is 14.4. The summed E-state index contributed by atoms with van der Waals surface area (Å²) in [5.41, 5.74) is 1.90. The molecule has 0 atom stereocenters. The summed E-state index contributed by atoms with van der Waals surface area (Å²) in [7, 11) is 0. The molecule has 2 N–H and O–H groups in total. The second-order valence-electron chi connectivity index (χ2n) is 5.82. The molecule has 0 saturated carbocycles. The number of hydrogen-bond donors (Lipinski definition) is 2. The lowest BCUT2D eigenvalue weighted by atomic mass is 10.1. The number of nitriles is 1. The van der Waals surface area contributed by atoms with Gasteiger partial charge in [0.2, 0.25) is 0 Å². The Hall–Kier alpha value is -2.81. The lowest BCUT2D eigenvalue weighted by Gasteiger charge is -2.04. The van der Waals surface area contributed by atoms with E-state index in [-0.39, 0.29) is 11.9 Å². The topological polar surface area (TPSA) is 95.0 Å². The van der Waals surface area contributed by atoms with E-state index in [1.165, 1.54) is 0 Å². The molecule has 6 nitrogen and oxygen atoms in total. The third kappa shape index (κ3) is 5.64. The Balaban J connectivity index is 1.69. The molecular weight excluding hydrogens is 318 g/mol. The van der Waals surface area contributed by atoms with E-state index >= 15 is 0 Å². The smallest absolute Gasteiger partial charge is 0.305 e. The van der Waals surface area contributed by atoms with E-state index in [1.807, 2.05) is 0 Å². The zero-order chi connectivity index (χ0) is 18.1. The first kappa shape index (κ1) is 18.5. The summed E-state index contributed by atoms with van der Waals surface area (Å²) < 4.78 is 4.87. The molecule has 0 saturated heterocycles. The summed E-state index contributed by atoms with van der Waals surface area (Å²) >= 11 is 0. The average molecular weight is 341 g/mol. The summed E-state index contributed by atoms with van der Waals surface area (Å²) in [6.07, 6.45) is 4.04. The Morgan fingerprint density at radius 1 is 1.20 bits per heavy atom. The van der Waals surface area contributed by atoms with E-state index in [0.717, 1.165) is 36.6 Å². The predicted molar refractivity (Wildman–Crippen MR) is 95.1 cm³/mol. The largest absolute Gasteiger partial charge is 0.466 e. The van der Waals surface area contributed by atoms with E-state index in [1.54, 1.807) is 31.2 Å². The molecular formula is C19H23N3O3. The van der Waals surface area contributed by atoms with Crippen LogP contribution < -0.4 is 5.32 Å². The van der Waals surface area contributed by atoms with Gasteiger partial charge in [0.15, 0.2) is 0 Å². The van der Waals surface area contributed by atoms with Crippen LogP contribution in [0.3, 0.4) is 0 Å². The van der Waals surface area contributed by atoms with Crippen LogP contribution in [0, 0.1) is 11.3 Å². The molecule has 0 aliphatic carbocycles. The van der Waals surface area contributed by atoms with Gasteiger partial charge in [0.05, 0.1) is 18.2 Å². The highest BCUT2D eigenvalue weighted by Crippen LogP contribution is 2.17. The first-order valence-electron chi connectivity index (χ1n) is 8.60. The van der Waals surface area contributed by atoms with E-state index in [0.29, 0.717) is 30.8 Å². The molecule has 0 bridgehead atoms. The molecule has 2 aromatic rings. The molecule has 1 aromatic heterocycles. The summed E-state index contributed by atoms with van der Waals surface area (Å²) in [5.74, 6) is -0.296. The number of carbonyl (C=O) groups excluding carboxylic acids is 2. The standard InChI is InChI=1S/C19H23N3O3/c1-2-25-18(23)7-5-3-4-6-10-21-19(24)17-12-15-11-14(13-20)8-9-16(15)22-17/h8-9,11-12,22H,2-7,10H2,1H3,(H,21,24). The van der Waals surface area contributed by atoms with Crippen molar-refractivity contribution in [3.05, 3.63) is 35.5 Å². The minimum absolute atomic E-state index is 0.144. The predicted octanol–water partition coefficient (Wildman–Crippen LogP) is 3.28. The number of hydrogen-bond acceptors (Lipinski definition) is 4. The van der Waals surface area contributed by atoms with Gasteiger partial charge in [0.1, 0.15) is 5.69 Å². The van der Waals surface area contributed by atoms with Crippen molar-refractivity contribution in [2.75, 3.05) is 13.2 Å². The minimum Gasteiger partial charge on any atom is -0.466 e. The van der Waals surface area contributed by atoms with Gasteiger partial charge in [-0.25, -0.2) is 0 Å². The van der Waals surface area contributed by atoms with Crippen LogP contribution in [0.15, 0.2) is 24.3 Å². The molecule has 0 aliphatic rings. The lowest BCUT2D eigenvalue weighted by molar-refractivity contribution is -0.143. The van der Waals surface area contributed by atoms with Crippen molar-refractivity contribution in [3.63, 3.8) is 0 Å². The number of nitrogens with zero attached hydrogens (tertiary/aromatic N) is 1. The number of H-pyrrole nitrogens is 1. The number of nitrogens with one attached hydrogen (secondary N) is 2. The van der Waals surface area contributed by atoms with Crippen molar-refractivity contribution < 1.29 is 14.3 Å². The van der Waals surface area contributed by atoms with Gasteiger partial charge in [-0.1, -0.05) is 12.8 Å². The Morgan fingerprint density at radius 2 is 2.00 bits per heavy atom. The van der Waals surface area contributed by atoms with Crippen LogP contribution in [0.1, 0.15) is 55.1 Å². The number of benzene rings is 1. The van der Waals surface area contributed by atoms with E-state index < -0.39 is 0 Å². The molecule has 0 spiro atoms. The maximum atomic E-state index is 12.2. The number of fused-ring (bicyclic) bond motifs is 1. The number of ether oxygens (including phenoxy) is 1. The van der Waals surface area contributed by atoms with Crippen molar-refractivity contribution in [1.82, 2.24) is 10.3 Å². The summed E-state index contributed by atoms with van der Waals surface area (Å²) in [6, 6.07) is 9.12. The van der Waals surface area contributed by atoms with Crippen LogP contribution in [0.5, 0.6) is 0 Å². The lowest BCUT2D eigenvalue weighted by Crippen LogP contribution is -2.24. The number of unbranched alkanes of at least 4 members (excludes halogenated alkanes) is 3. The number of esters is 1. The highest BCUT2D eigenvalue weighted by molar-refractivity contribution is 5.98. The van der Waals surface area contributed by atoms with Crippen molar-refractivity contribution in [2.24, 2.45) is 0 Å². The highest BCUT2D eigenvalue weighted by Gasteiger charge is 2.09. The van der Waals surface area contributed by atoms with Crippen LogP contribution in [0.2, 0.25) is 0 Å². The minimum atomic E-state index is -0.152. The Labute approximate surface area is 147 Å². The van der Waals surface area contributed by atoms with Crippen molar-refractivity contribution in [2.45, 2.75) is 39.0 Å². The van der Waals surface area contributed by atoms with Crippen molar-refractivity contribution >= 4 is 22.8 Å². The fourth-order valence-electron chi connectivity index (χ4n) is 2.60. The summed E-state index contributed by atoms with van der Waals surface area (Å²) in [6.45, 7) is 2.82. The first-order chi connectivity index (χ1) is 12.1. The summed E-state index contributed by atoms with van der Waals surface area (Å²) in [4.78, 5) is 26.4. The van der Waals surface area contributed by atoms with Crippen LogP contribution in [0.4, 0.5) is 0 Å². The second kappa shape index (κ2) is 9.48. The molecule has 0 radical (unpaired) electrons. The van der Waals surface area contributed by atoms with Gasteiger partial charge >= 0.3 is 5.97 Å². The molecule has 1 amide bonds. The molecule has 0 fully saturated rings. The van der Waals surface area contributed by atoms with Crippen LogP contribution in [-0.4, -0.2) is 30.0 Å². The Bertz CT molecular complexity index is 774. The number of aromatic amines is 1. The molecule has 25 heavy (non-hydrogen) atoms. The van der Waals surface area contributed by atoms with Crippen LogP contribution >= 0.6 is 0 Å². The van der Waals surface area contributed by atoms with E-state index in [9.17, 15) is 9.59 Å². The van der Waals surface area contributed by atoms with Crippen LogP contribution in [0.25, 0.3) is 10.9 Å². The maximum absolute atomic E-state index is 12.2. The molecule has 132 valence electrons. The maximum Gasteiger partial charge on any atom is 0.305 e. The van der Waals surface area contributed by atoms with Gasteiger partial charge in [-0.2, -0.15) is 5.26 Å². The molecule has 0 aliphatic heterocycles. The first-order valence-corrected chi connectivity index (χ1v) is 8.60. The third-order valence-electron chi connectivity index (χ3n) is 3.89. The van der Waals surface area contributed by atoms with Gasteiger partial charge in [0, 0.05) is 23.9 Å². The molecule has 6 heteroatoms. The van der Waals surface area contributed by atoms with E-state index in [4.69, 9.17) is 10.00 Å². The Morgan fingerprint density at radius 3 is 2.76 bits per heavy atom. The average Bonchev–Trinajstić information content (AvgIpc) is 3.04. The number of aromatic nitrogens is 1. The van der Waals surface area contributed by atoms with Gasteiger partial charge in [0.25, 0.3) is 5.91 Å². The van der Waals surface area contributed by atoms with Gasteiger partial charge in [-0.05, 0) is 44.0 Å². The van der Waals surface area contributed by atoms with Gasteiger partial charge < -0.3 is 15.0 Å². The highest BCUT2D eigenvalue weighted by atomic mass is 16.5. The molecule has 1 heterocycles. The summed E-state index contributed by atoms with van der Waals surface area (Å²) in [5, 5.41) is 12.6. The zero-order valence-corrected chi connectivity index (χ0v) is 14.4. The second-order valence-corrected chi connectivity index (χ2v) is 5.82. The van der Waals surface area contributed by atoms with Crippen molar-refractivity contribution in [1.29, 1.82) is 5.26 Å². The molecule has 1 aromatic carbocycles. The van der Waals surface area contributed by atoms with E-state index in [2.05, 4.69) is 16.4 Å². The quantitative estimate of drug-likeness (QED) is 0.540. The fraction of sp³-hybridized carbons (Fsp3) is 0.421. The SMILES string of the molecule is CCOC(=O)CCCCCCNC(=O)c1cc2cc(C#N)ccc2[nH]1. The van der Waals surface area contributed by atoms with Crippen LogP contribution in [-0.2, 0) is 9.53 Å². The number of carbonyl (C=O) groups is 2. The third-order valence-corrected chi connectivity index (χ3v) is 3.89. The number of rotatable bonds is 9. The molecule has 2 rings (SSSR count). The van der Waals surface area contributed by atoms with Gasteiger partial charge in [-0.3, -0.25) is 9.59 Å². The van der Waals surface area contributed by atoms with Crippen molar-refractivity contribution in [3.8, 4) is 6.07 Å². The monoisotopic (exact) mass is 341 g/mol. The van der Waals surface area contributed by atoms with Gasteiger partial charge in [-0.15, -0.1) is 0 Å². The molecule has 0 unspecified atom stereocenters. The normalized spacial score (nSPS) is 10.4. The number of amides is 1. The fourth-order valence-corrected chi connectivity index (χ4v) is 2.60. The Kier molecular flexibility index (Phi) is 7.02.